The Bertz CT molecular complexity index is 549. The number of carbonyl (C=O) groups is 1. The van der Waals surface area contributed by atoms with Gasteiger partial charge in [-0.3, -0.25) is 9.89 Å². The molecule has 5 nitrogen and oxygen atoms in total. The topological polar surface area (TPSA) is 61.0 Å². The minimum atomic E-state index is 0.165. The third-order valence-electron chi connectivity index (χ3n) is 3.07. The van der Waals surface area contributed by atoms with Crippen LogP contribution in [-0.4, -0.2) is 41.6 Å². The summed E-state index contributed by atoms with van der Waals surface area (Å²) >= 11 is 0. The summed E-state index contributed by atoms with van der Waals surface area (Å²) in [5.74, 6) is 0.165. The first kappa shape index (κ1) is 14.1. The van der Waals surface area contributed by atoms with Gasteiger partial charge in [0.15, 0.2) is 0 Å². The van der Waals surface area contributed by atoms with Crippen molar-refractivity contribution in [2.45, 2.75) is 12.8 Å². The van der Waals surface area contributed by atoms with E-state index in [-0.39, 0.29) is 5.91 Å². The van der Waals surface area contributed by atoms with Crippen LogP contribution in [0.4, 0.5) is 5.69 Å². The molecule has 0 aliphatic rings. The quantitative estimate of drug-likeness (QED) is 0.794. The fourth-order valence-corrected chi connectivity index (χ4v) is 1.91. The number of hydrogen-bond donors (Lipinski definition) is 2. The molecule has 0 saturated carbocycles. The van der Waals surface area contributed by atoms with Crippen LogP contribution in [0.3, 0.4) is 0 Å². The zero-order valence-corrected chi connectivity index (χ0v) is 11.9. The van der Waals surface area contributed by atoms with Crippen molar-refractivity contribution in [2.24, 2.45) is 0 Å². The highest BCUT2D eigenvalue weighted by atomic mass is 16.2. The number of rotatable bonds is 6. The van der Waals surface area contributed by atoms with Crippen molar-refractivity contribution in [3.63, 3.8) is 0 Å². The minimum Gasteiger partial charge on any atom is -0.385 e. The second-order valence-corrected chi connectivity index (χ2v) is 4.87. The Morgan fingerprint density at radius 2 is 2.20 bits per heavy atom. The minimum absolute atomic E-state index is 0.165. The maximum atomic E-state index is 11.5. The van der Waals surface area contributed by atoms with Crippen LogP contribution < -0.4 is 5.32 Å². The van der Waals surface area contributed by atoms with Gasteiger partial charge in [-0.05, 0) is 24.6 Å². The summed E-state index contributed by atoms with van der Waals surface area (Å²) in [7, 11) is 3.56. The summed E-state index contributed by atoms with van der Waals surface area (Å²) in [4.78, 5) is 13.1. The van der Waals surface area contributed by atoms with Gasteiger partial charge in [0.05, 0.1) is 5.69 Å². The predicted molar refractivity (Wildman–Crippen MR) is 80.4 cm³/mol. The van der Waals surface area contributed by atoms with E-state index in [0.717, 1.165) is 29.9 Å². The highest BCUT2D eigenvalue weighted by Crippen LogP contribution is 2.20. The summed E-state index contributed by atoms with van der Waals surface area (Å²) in [6, 6.07) is 10.1. The van der Waals surface area contributed by atoms with Gasteiger partial charge in [-0.1, -0.05) is 12.1 Å². The lowest BCUT2D eigenvalue weighted by atomic mass is 10.1. The lowest BCUT2D eigenvalue weighted by molar-refractivity contribution is -0.128. The van der Waals surface area contributed by atoms with E-state index in [1.165, 1.54) is 0 Å². The molecule has 2 N–H and O–H groups in total. The summed E-state index contributed by atoms with van der Waals surface area (Å²) in [5.41, 5.74) is 3.14. The second kappa shape index (κ2) is 6.75. The Morgan fingerprint density at radius 3 is 2.90 bits per heavy atom. The van der Waals surface area contributed by atoms with E-state index in [1.54, 1.807) is 25.2 Å². The number of anilines is 1. The molecule has 20 heavy (non-hydrogen) atoms. The van der Waals surface area contributed by atoms with Gasteiger partial charge in [0, 0.05) is 44.5 Å². The molecule has 1 aromatic heterocycles. The maximum Gasteiger partial charge on any atom is 0.222 e. The number of benzene rings is 1. The first-order chi connectivity index (χ1) is 9.66. The average Bonchev–Trinajstić information content (AvgIpc) is 2.97. The molecular weight excluding hydrogens is 252 g/mol. The Hall–Kier alpha value is -2.30. The third kappa shape index (κ3) is 3.85. The Kier molecular flexibility index (Phi) is 4.76. The molecule has 1 heterocycles. The molecule has 2 aromatic rings. The standard InChI is InChI=1S/C15H20N4O/c1-19(2)15(20)7-4-9-16-13-6-3-5-12(11-13)14-8-10-17-18-14/h3,5-6,8,10-11,16H,4,7,9H2,1-2H3,(H,17,18). The summed E-state index contributed by atoms with van der Waals surface area (Å²) in [6.45, 7) is 0.784. The number of hydrogen-bond acceptors (Lipinski definition) is 3. The van der Waals surface area contributed by atoms with Crippen LogP contribution >= 0.6 is 0 Å². The molecule has 5 heteroatoms. The van der Waals surface area contributed by atoms with Crippen LogP contribution in [0.1, 0.15) is 12.8 Å². The van der Waals surface area contributed by atoms with Crippen molar-refractivity contribution in [1.82, 2.24) is 15.1 Å². The van der Waals surface area contributed by atoms with Crippen LogP contribution in [0.2, 0.25) is 0 Å². The number of carbonyl (C=O) groups excluding carboxylic acids is 1. The SMILES string of the molecule is CN(C)C(=O)CCCNc1cccc(-c2ccn[nH]2)c1. The molecule has 0 fully saturated rings. The van der Waals surface area contributed by atoms with Gasteiger partial charge in [-0.2, -0.15) is 5.10 Å². The van der Waals surface area contributed by atoms with Crippen molar-refractivity contribution < 1.29 is 4.79 Å². The maximum absolute atomic E-state index is 11.5. The summed E-state index contributed by atoms with van der Waals surface area (Å²) in [5, 5.41) is 10.2. The molecule has 0 aliphatic heterocycles. The first-order valence-electron chi connectivity index (χ1n) is 6.70. The van der Waals surface area contributed by atoms with Crippen molar-refractivity contribution in [3.05, 3.63) is 36.5 Å². The van der Waals surface area contributed by atoms with Gasteiger partial charge in [-0.15, -0.1) is 0 Å². The average molecular weight is 272 g/mol. The normalized spacial score (nSPS) is 10.3. The number of amides is 1. The zero-order valence-electron chi connectivity index (χ0n) is 11.9. The van der Waals surface area contributed by atoms with Crippen LogP contribution in [-0.2, 0) is 4.79 Å². The van der Waals surface area contributed by atoms with Crippen molar-refractivity contribution in [2.75, 3.05) is 26.0 Å². The van der Waals surface area contributed by atoms with Crippen LogP contribution in [0.5, 0.6) is 0 Å². The summed E-state index contributed by atoms with van der Waals surface area (Å²) in [6.07, 6.45) is 3.13. The molecule has 0 radical (unpaired) electrons. The van der Waals surface area contributed by atoms with Crippen LogP contribution in [0, 0.1) is 0 Å². The fourth-order valence-electron chi connectivity index (χ4n) is 1.91. The van der Waals surface area contributed by atoms with E-state index < -0.39 is 0 Å². The van der Waals surface area contributed by atoms with Gasteiger partial charge in [-0.25, -0.2) is 0 Å². The number of nitrogens with zero attached hydrogens (tertiary/aromatic N) is 2. The zero-order chi connectivity index (χ0) is 14.4. The molecule has 0 aliphatic carbocycles. The van der Waals surface area contributed by atoms with E-state index in [9.17, 15) is 4.79 Å². The van der Waals surface area contributed by atoms with E-state index in [0.29, 0.717) is 6.42 Å². The van der Waals surface area contributed by atoms with Crippen molar-refractivity contribution in [1.29, 1.82) is 0 Å². The molecule has 106 valence electrons. The lowest BCUT2D eigenvalue weighted by Gasteiger charge is -2.11. The van der Waals surface area contributed by atoms with Crippen LogP contribution in [0.15, 0.2) is 36.5 Å². The molecule has 1 amide bonds. The smallest absolute Gasteiger partial charge is 0.222 e. The third-order valence-corrected chi connectivity index (χ3v) is 3.07. The monoisotopic (exact) mass is 272 g/mol. The number of nitrogens with one attached hydrogen (secondary N) is 2. The Labute approximate surface area is 119 Å². The van der Waals surface area contributed by atoms with Crippen LogP contribution in [0.25, 0.3) is 11.3 Å². The van der Waals surface area contributed by atoms with Gasteiger partial charge in [0.2, 0.25) is 5.91 Å². The predicted octanol–water partition coefficient (Wildman–Crippen LogP) is 2.36. The molecular formula is C15H20N4O. The lowest BCUT2D eigenvalue weighted by Crippen LogP contribution is -2.22. The number of aromatic amines is 1. The van der Waals surface area contributed by atoms with Gasteiger partial charge < -0.3 is 10.2 Å². The van der Waals surface area contributed by atoms with Crippen molar-refractivity contribution >= 4 is 11.6 Å². The van der Waals surface area contributed by atoms with Gasteiger partial charge >= 0.3 is 0 Å². The van der Waals surface area contributed by atoms with Crippen molar-refractivity contribution in [3.8, 4) is 11.3 Å². The van der Waals surface area contributed by atoms with Gasteiger partial charge in [0.1, 0.15) is 0 Å². The molecule has 0 bridgehead atoms. The highest BCUT2D eigenvalue weighted by Gasteiger charge is 2.03. The Morgan fingerprint density at radius 1 is 1.35 bits per heavy atom. The molecule has 1 aromatic carbocycles. The number of H-pyrrole nitrogens is 1. The van der Waals surface area contributed by atoms with Gasteiger partial charge in [0.25, 0.3) is 0 Å². The largest absolute Gasteiger partial charge is 0.385 e. The van der Waals surface area contributed by atoms with E-state index in [1.807, 2.05) is 24.3 Å². The van der Waals surface area contributed by atoms with E-state index >= 15 is 0 Å². The molecule has 0 saturated heterocycles. The molecule has 2 rings (SSSR count). The van der Waals surface area contributed by atoms with E-state index in [4.69, 9.17) is 0 Å². The highest BCUT2D eigenvalue weighted by molar-refractivity contribution is 5.75. The first-order valence-corrected chi connectivity index (χ1v) is 6.70. The molecule has 0 spiro atoms. The Balaban J connectivity index is 1.85. The fraction of sp³-hybridized carbons (Fsp3) is 0.333. The van der Waals surface area contributed by atoms with E-state index in [2.05, 4.69) is 21.6 Å². The second-order valence-electron chi connectivity index (χ2n) is 4.87. The molecule has 0 atom stereocenters. The number of aromatic nitrogens is 2. The summed E-state index contributed by atoms with van der Waals surface area (Å²) < 4.78 is 0. The molecule has 0 unspecified atom stereocenters.